The SMILES string of the molecule is CCCc1cc2ncnc(NCCc3cnc(NC(=O)Nc4ccccc4)s3)c2nc1OCCN(C)C. The fourth-order valence-electron chi connectivity index (χ4n) is 3.60. The third-order valence-electron chi connectivity index (χ3n) is 5.42. The zero-order valence-electron chi connectivity index (χ0n) is 21.3. The van der Waals surface area contributed by atoms with Crippen LogP contribution in [0.4, 0.5) is 21.4 Å². The lowest BCUT2D eigenvalue weighted by atomic mass is 10.1. The van der Waals surface area contributed by atoms with Gasteiger partial charge in [-0.3, -0.25) is 5.32 Å². The lowest BCUT2D eigenvalue weighted by molar-refractivity contribution is 0.252. The van der Waals surface area contributed by atoms with E-state index in [1.165, 1.54) is 11.3 Å². The maximum absolute atomic E-state index is 12.2. The van der Waals surface area contributed by atoms with Crippen molar-refractivity contribution in [1.29, 1.82) is 0 Å². The van der Waals surface area contributed by atoms with E-state index in [1.54, 1.807) is 12.5 Å². The van der Waals surface area contributed by atoms with E-state index in [9.17, 15) is 4.79 Å². The van der Waals surface area contributed by atoms with Gasteiger partial charge in [0.05, 0.1) is 5.52 Å². The molecule has 4 aromatic rings. The molecule has 3 heterocycles. The Morgan fingerprint density at radius 3 is 2.70 bits per heavy atom. The molecule has 0 saturated heterocycles. The van der Waals surface area contributed by atoms with Gasteiger partial charge in [0.25, 0.3) is 0 Å². The lowest BCUT2D eigenvalue weighted by Gasteiger charge is -2.15. The van der Waals surface area contributed by atoms with Gasteiger partial charge in [0.1, 0.15) is 18.5 Å². The number of thiazole rings is 1. The average molecular weight is 521 g/mol. The summed E-state index contributed by atoms with van der Waals surface area (Å²) in [6.45, 7) is 4.13. The fourth-order valence-corrected chi connectivity index (χ4v) is 4.41. The van der Waals surface area contributed by atoms with Gasteiger partial charge in [0.15, 0.2) is 10.9 Å². The van der Waals surface area contributed by atoms with Gasteiger partial charge in [0.2, 0.25) is 5.88 Å². The predicted octanol–water partition coefficient (Wildman–Crippen LogP) is 4.67. The summed E-state index contributed by atoms with van der Waals surface area (Å²) in [6, 6.07) is 11.0. The van der Waals surface area contributed by atoms with Crippen LogP contribution in [0.3, 0.4) is 0 Å². The molecule has 4 rings (SSSR count). The summed E-state index contributed by atoms with van der Waals surface area (Å²) in [5, 5.41) is 9.48. The highest BCUT2D eigenvalue weighted by atomic mass is 32.1. The third-order valence-corrected chi connectivity index (χ3v) is 6.39. The Labute approximate surface area is 220 Å². The number of benzene rings is 1. The molecule has 0 bridgehead atoms. The van der Waals surface area contributed by atoms with Crippen molar-refractivity contribution in [1.82, 2.24) is 24.8 Å². The average Bonchev–Trinajstić information content (AvgIpc) is 3.32. The maximum Gasteiger partial charge on any atom is 0.325 e. The second-order valence-electron chi connectivity index (χ2n) is 8.70. The van der Waals surface area contributed by atoms with Crippen LogP contribution < -0.4 is 20.7 Å². The summed E-state index contributed by atoms with van der Waals surface area (Å²) in [5.41, 5.74) is 3.25. The number of ether oxygens (including phenoxy) is 1. The first-order valence-corrected chi connectivity index (χ1v) is 13.1. The quantitative estimate of drug-likeness (QED) is 0.247. The third kappa shape index (κ3) is 7.58. The summed E-state index contributed by atoms with van der Waals surface area (Å²) in [7, 11) is 4.03. The minimum atomic E-state index is -0.324. The van der Waals surface area contributed by atoms with E-state index in [-0.39, 0.29) is 6.03 Å². The van der Waals surface area contributed by atoms with Crippen molar-refractivity contribution < 1.29 is 9.53 Å². The van der Waals surface area contributed by atoms with Crippen LogP contribution in [-0.2, 0) is 12.8 Å². The largest absolute Gasteiger partial charge is 0.476 e. The number of carbonyl (C=O) groups is 1. The minimum absolute atomic E-state index is 0.324. The van der Waals surface area contributed by atoms with Crippen LogP contribution in [0, 0.1) is 0 Å². The number of anilines is 3. The van der Waals surface area contributed by atoms with E-state index in [0.29, 0.717) is 41.9 Å². The molecule has 3 aromatic heterocycles. The van der Waals surface area contributed by atoms with Gasteiger partial charge in [0, 0.05) is 41.8 Å². The molecule has 11 heteroatoms. The van der Waals surface area contributed by atoms with E-state index in [2.05, 4.69) is 42.7 Å². The summed E-state index contributed by atoms with van der Waals surface area (Å²) in [5.74, 6) is 1.30. The van der Waals surface area contributed by atoms with Crippen molar-refractivity contribution in [3.05, 3.63) is 59.4 Å². The number of hydrogen-bond acceptors (Lipinski definition) is 9. The highest BCUT2D eigenvalue weighted by molar-refractivity contribution is 7.15. The molecule has 0 atom stereocenters. The van der Waals surface area contributed by atoms with Crippen molar-refractivity contribution in [2.75, 3.05) is 49.7 Å². The molecule has 3 N–H and O–H groups in total. The highest BCUT2D eigenvalue weighted by Crippen LogP contribution is 2.26. The number of aromatic nitrogens is 4. The molecule has 0 spiro atoms. The Kier molecular flexibility index (Phi) is 9.17. The minimum Gasteiger partial charge on any atom is -0.476 e. The van der Waals surface area contributed by atoms with Crippen LogP contribution in [0.1, 0.15) is 23.8 Å². The maximum atomic E-state index is 12.2. The standard InChI is InChI=1S/C26H32N8O2S/c1-4-8-18-15-21-22(32-24(18)36-14-13-34(2)3)23(30-17-29-21)27-12-11-20-16-28-26(37-20)33-25(35)31-19-9-6-5-7-10-19/h5-7,9-10,15-17H,4,8,11-14H2,1-3H3,(H,27,29,30)(H2,28,31,33,35). The van der Waals surface area contributed by atoms with Gasteiger partial charge < -0.3 is 20.3 Å². The molecule has 0 unspecified atom stereocenters. The second kappa shape index (κ2) is 12.9. The zero-order valence-corrected chi connectivity index (χ0v) is 22.1. The van der Waals surface area contributed by atoms with Gasteiger partial charge in [-0.05, 0) is 38.7 Å². The molecule has 10 nitrogen and oxygen atoms in total. The first-order chi connectivity index (χ1) is 18.0. The van der Waals surface area contributed by atoms with E-state index in [1.807, 2.05) is 50.5 Å². The Balaban J connectivity index is 1.37. The van der Waals surface area contributed by atoms with Crippen LogP contribution in [0.2, 0.25) is 0 Å². The van der Waals surface area contributed by atoms with Crippen LogP contribution in [0.5, 0.6) is 5.88 Å². The molecule has 0 aliphatic rings. The van der Waals surface area contributed by atoms with E-state index < -0.39 is 0 Å². The number of para-hydroxylation sites is 1. The van der Waals surface area contributed by atoms with Crippen LogP contribution in [0.15, 0.2) is 48.9 Å². The van der Waals surface area contributed by atoms with Gasteiger partial charge in [-0.2, -0.15) is 0 Å². The summed E-state index contributed by atoms with van der Waals surface area (Å²) < 4.78 is 6.03. The van der Waals surface area contributed by atoms with Crippen molar-refractivity contribution in [2.24, 2.45) is 0 Å². The first-order valence-electron chi connectivity index (χ1n) is 12.3. The van der Waals surface area contributed by atoms with Crippen LogP contribution in [0.25, 0.3) is 11.0 Å². The van der Waals surface area contributed by atoms with E-state index >= 15 is 0 Å². The van der Waals surface area contributed by atoms with E-state index in [0.717, 1.165) is 41.0 Å². The number of nitrogens with one attached hydrogen (secondary N) is 3. The number of carbonyl (C=O) groups excluding carboxylic acids is 1. The van der Waals surface area contributed by atoms with Crippen LogP contribution in [-0.4, -0.2) is 64.7 Å². The molecule has 2 amide bonds. The normalized spacial score (nSPS) is 11.0. The highest BCUT2D eigenvalue weighted by Gasteiger charge is 2.13. The number of nitrogens with zero attached hydrogens (tertiary/aromatic N) is 5. The Hall–Kier alpha value is -3.83. The Bertz CT molecular complexity index is 1310. The molecule has 0 saturated carbocycles. The van der Waals surface area contributed by atoms with Crippen molar-refractivity contribution in [2.45, 2.75) is 26.2 Å². The summed E-state index contributed by atoms with van der Waals surface area (Å²) >= 11 is 1.44. The van der Waals surface area contributed by atoms with Crippen molar-refractivity contribution in [3.8, 4) is 5.88 Å². The number of rotatable bonds is 12. The second-order valence-corrected chi connectivity index (χ2v) is 9.81. The monoisotopic (exact) mass is 520 g/mol. The molecule has 37 heavy (non-hydrogen) atoms. The number of aryl methyl sites for hydroxylation is 1. The summed E-state index contributed by atoms with van der Waals surface area (Å²) in [4.78, 5) is 33.3. The van der Waals surface area contributed by atoms with Crippen molar-refractivity contribution in [3.63, 3.8) is 0 Å². The molecular weight excluding hydrogens is 488 g/mol. The van der Waals surface area contributed by atoms with E-state index in [4.69, 9.17) is 9.72 Å². The van der Waals surface area contributed by atoms with Gasteiger partial charge >= 0.3 is 6.03 Å². The summed E-state index contributed by atoms with van der Waals surface area (Å²) in [6.07, 6.45) is 5.90. The van der Waals surface area contributed by atoms with Gasteiger partial charge in [-0.15, -0.1) is 11.3 Å². The smallest absolute Gasteiger partial charge is 0.325 e. The molecule has 1 aromatic carbocycles. The number of hydrogen-bond donors (Lipinski definition) is 3. The first kappa shape index (κ1) is 26.2. The Morgan fingerprint density at radius 2 is 1.92 bits per heavy atom. The number of amides is 2. The molecule has 0 radical (unpaired) electrons. The number of pyridine rings is 1. The zero-order chi connectivity index (χ0) is 26.0. The molecule has 194 valence electrons. The van der Waals surface area contributed by atoms with Gasteiger partial charge in [-0.1, -0.05) is 31.5 Å². The van der Waals surface area contributed by atoms with Crippen molar-refractivity contribution >= 4 is 45.0 Å². The topological polar surface area (TPSA) is 117 Å². The lowest BCUT2D eigenvalue weighted by Crippen LogP contribution is -2.20. The number of urea groups is 1. The molecule has 0 aliphatic carbocycles. The number of fused-ring (bicyclic) bond motifs is 1. The number of likely N-dealkylation sites (N-methyl/N-ethyl adjacent to an activating group) is 1. The Morgan fingerprint density at radius 1 is 1.08 bits per heavy atom. The van der Waals surface area contributed by atoms with Gasteiger partial charge in [-0.25, -0.2) is 24.7 Å². The molecule has 0 fully saturated rings. The predicted molar refractivity (Wildman–Crippen MR) is 149 cm³/mol. The van der Waals surface area contributed by atoms with Crippen LogP contribution >= 0.6 is 11.3 Å². The molecular formula is C26H32N8O2S. The molecule has 0 aliphatic heterocycles. The fraction of sp³-hybridized carbons (Fsp3) is 0.346.